The Morgan fingerprint density at radius 2 is 1.92 bits per heavy atom. The topological polar surface area (TPSA) is 41.6 Å². The number of halogens is 2. The van der Waals surface area contributed by atoms with Crippen LogP contribution in [0.2, 0.25) is 0 Å². The van der Waals surface area contributed by atoms with E-state index in [1.807, 2.05) is 0 Å². The third-order valence-corrected chi connectivity index (χ3v) is 4.49. The lowest BCUT2D eigenvalue weighted by Crippen LogP contribution is -2.44. The van der Waals surface area contributed by atoms with Gasteiger partial charge in [-0.1, -0.05) is 18.2 Å². The smallest absolute Gasteiger partial charge is 0.387 e. The Bertz CT molecular complexity index is 594. The third kappa shape index (κ3) is 4.77. The molecule has 2 aliphatic rings. The van der Waals surface area contributed by atoms with Crippen LogP contribution in [0, 0.1) is 0 Å². The fourth-order valence-corrected chi connectivity index (χ4v) is 3.08. The number of ether oxygens (including phenoxy) is 1. The van der Waals surface area contributed by atoms with Crippen molar-refractivity contribution in [2.45, 2.75) is 44.4 Å². The molecule has 1 aromatic carbocycles. The summed E-state index contributed by atoms with van der Waals surface area (Å²) >= 11 is 0. The van der Waals surface area contributed by atoms with Crippen LogP contribution in [-0.4, -0.2) is 42.6 Å². The molecule has 130 valence electrons. The van der Waals surface area contributed by atoms with E-state index in [4.69, 9.17) is 0 Å². The van der Waals surface area contributed by atoms with Gasteiger partial charge in [0.25, 0.3) is 0 Å². The van der Waals surface area contributed by atoms with Crippen molar-refractivity contribution in [3.05, 3.63) is 35.9 Å². The van der Waals surface area contributed by atoms with Crippen molar-refractivity contribution >= 4 is 12.0 Å². The lowest BCUT2D eigenvalue weighted by molar-refractivity contribution is -0.117. The molecule has 0 aromatic heterocycles. The number of likely N-dealkylation sites (tertiary alicyclic amines) is 1. The molecule has 0 atom stereocenters. The summed E-state index contributed by atoms with van der Waals surface area (Å²) in [6, 6.07) is 7.37. The molecule has 1 heterocycles. The van der Waals surface area contributed by atoms with Crippen LogP contribution in [0.25, 0.3) is 6.08 Å². The summed E-state index contributed by atoms with van der Waals surface area (Å²) in [7, 11) is 0. The number of carbonyl (C=O) groups is 1. The van der Waals surface area contributed by atoms with Crippen molar-refractivity contribution < 1.29 is 18.3 Å². The molecule has 0 bridgehead atoms. The SMILES string of the molecule is O=C(C=Cc1ccccc1OC(F)F)NC1CCN(C2CC2)CC1. The average Bonchev–Trinajstić information content (AvgIpc) is 3.39. The Hall–Kier alpha value is -1.95. The molecule has 6 heteroatoms. The van der Waals surface area contributed by atoms with E-state index in [0.29, 0.717) is 5.56 Å². The van der Waals surface area contributed by atoms with Gasteiger partial charge in [-0.2, -0.15) is 8.78 Å². The van der Waals surface area contributed by atoms with Gasteiger partial charge in [0.1, 0.15) is 5.75 Å². The lowest BCUT2D eigenvalue weighted by Gasteiger charge is -2.32. The van der Waals surface area contributed by atoms with Crippen LogP contribution in [0.3, 0.4) is 0 Å². The molecule has 1 aliphatic heterocycles. The summed E-state index contributed by atoms with van der Waals surface area (Å²) in [5, 5.41) is 2.99. The minimum absolute atomic E-state index is 0.0642. The molecule has 4 nitrogen and oxygen atoms in total. The summed E-state index contributed by atoms with van der Waals surface area (Å²) in [5.41, 5.74) is 0.455. The van der Waals surface area contributed by atoms with Crippen LogP contribution >= 0.6 is 0 Å². The quantitative estimate of drug-likeness (QED) is 0.812. The second-order valence-electron chi connectivity index (χ2n) is 6.30. The molecule has 0 radical (unpaired) electrons. The third-order valence-electron chi connectivity index (χ3n) is 4.49. The van der Waals surface area contributed by atoms with Gasteiger partial charge < -0.3 is 15.0 Å². The average molecular weight is 336 g/mol. The van der Waals surface area contributed by atoms with Crippen LogP contribution in [0.4, 0.5) is 8.78 Å². The molecular weight excluding hydrogens is 314 g/mol. The first-order valence-corrected chi connectivity index (χ1v) is 8.38. The molecule has 1 saturated carbocycles. The molecule has 1 aliphatic carbocycles. The van der Waals surface area contributed by atoms with E-state index < -0.39 is 6.61 Å². The van der Waals surface area contributed by atoms with E-state index in [1.54, 1.807) is 18.2 Å². The molecule has 2 fully saturated rings. The monoisotopic (exact) mass is 336 g/mol. The number of rotatable bonds is 6. The van der Waals surface area contributed by atoms with Crippen molar-refractivity contribution in [2.75, 3.05) is 13.1 Å². The predicted octanol–water partition coefficient (Wildman–Crippen LogP) is 3.04. The molecule has 0 spiro atoms. The Morgan fingerprint density at radius 3 is 2.58 bits per heavy atom. The van der Waals surface area contributed by atoms with Gasteiger partial charge in [0.05, 0.1) is 0 Å². The summed E-state index contributed by atoms with van der Waals surface area (Å²) in [6.07, 6.45) is 7.41. The van der Waals surface area contributed by atoms with Crippen molar-refractivity contribution in [1.29, 1.82) is 0 Å². The van der Waals surface area contributed by atoms with Gasteiger partial charge >= 0.3 is 6.61 Å². The van der Waals surface area contributed by atoms with Crippen LogP contribution < -0.4 is 10.1 Å². The second-order valence-corrected chi connectivity index (χ2v) is 6.30. The van der Waals surface area contributed by atoms with Crippen LogP contribution in [-0.2, 0) is 4.79 Å². The molecule has 3 rings (SSSR count). The maximum Gasteiger partial charge on any atom is 0.387 e. The normalized spacial score (nSPS) is 19.8. The molecule has 1 amide bonds. The van der Waals surface area contributed by atoms with Gasteiger partial charge in [-0.15, -0.1) is 0 Å². The first-order chi connectivity index (χ1) is 11.6. The fraction of sp³-hybridized carbons (Fsp3) is 0.500. The number of nitrogens with zero attached hydrogens (tertiary/aromatic N) is 1. The molecule has 0 unspecified atom stereocenters. The number of alkyl halides is 2. The maximum atomic E-state index is 12.4. The highest BCUT2D eigenvalue weighted by atomic mass is 19.3. The summed E-state index contributed by atoms with van der Waals surface area (Å²) < 4.78 is 29.2. The van der Waals surface area contributed by atoms with E-state index in [2.05, 4.69) is 15.0 Å². The number of benzene rings is 1. The molecule has 1 saturated heterocycles. The lowest BCUT2D eigenvalue weighted by atomic mass is 10.0. The zero-order chi connectivity index (χ0) is 16.9. The minimum atomic E-state index is -2.88. The molecule has 1 aromatic rings. The van der Waals surface area contributed by atoms with E-state index in [0.717, 1.165) is 32.0 Å². The van der Waals surface area contributed by atoms with E-state index in [1.165, 1.54) is 31.1 Å². The van der Waals surface area contributed by atoms with Gasteiger partial charge in [0, 0.05) is 36.8 Å². The van der Waals surface area contributed by atoms with E-state index >= 15 is 0 Å². The van der Waals surface area contributed by atoms with Gasteiger partial charge in [-0.05, 0) is 37.8 Å². The van der Waals surface area contributed by atoms with Crippen molar-refractivity contribution in [2.24, 2.45) is 0 Å². The fourth-order valence-electron chi connectivity index (χ4n) is 3.08. The van der Waals surface area contributed by atoms with Gasteiger partial charge in [-0.25, -0.2) is 0 Å². The number of hydrogen-bond acceptors (Lipinski definition) is 3. The van der Waals surface area contributed by atoms with Crippen LogP contribution in [0.1, 0.15) is 31.2 Å². The molecular formula is C18H22F2N2O2. The second kappa shape index (κ2) is 7.75. The number of hydrogen-bond donors (Lipinski definition) is 1. The standard InChI is InChI=1S/C18H22F2N2O2/c19-18(20)24-16-4-2-1-3-13(16)5-8-17(23)21-14-9-11-22(12-10-14)15-6-7-15/h1-5,8,14-15,18H,6-7,9-12H2,(H,21,23). The first kappa shape index (κ1) is 16.9. The van der Waals surface area contributed by atoms with Gasteiger partial charge in [0.2, 0.25) is 5.91 Å². The summed E-state index contributed by atoms with van der Waals surface area (Å²) in [4.78, 5) is 14.5. The van der Waals surface area contributed by atoms with Gasteiger partial charge in [0.15, 0.2) is 0 Å². The maximum absolute atomic E-state index is 12.4. The Kier molecular flexibility index (Phi) is 5.45. The number of amides is 1. The number of nitrogens with one attached hydrogen (secondary N) is 1. The van der Waals surface area contributed by atoms with E-state index in [-0.39, 0.29) is 17.7 Å². The Morgan fingerprint density at radius 1 is 1.21 bits per heavy atom. The molecule has 1 N–H and O–H groups in total. The minimum Gasteiger partial charge on any atom is -0.434 e. The van der Waals surface area contributed by atoms with Crippen molar-refractivity contribution in [3.63, 3.8) is 0 Å². The predicted molar refractivity (Wildman–Crippen MR) is 87.9 cm³/mol. The summed E-state index contributed by atoms with van der Waals surface area (Å²) in [6.45, 7) is -0.820. The largest absolute Gasteiger partial charge is 0.434 e. The van der Waals surface area contributed by atoms with Crippen molar-refractivity contribution in [1.82, 2.24) is 10.2 Å². The molecule has 24 heavy (non-hydrogen) atoms. The van der Waals surface area contributed by atoms with Crippen LogP contribution in [0.5, 0.6) is 5.75 Å². The highest BCUT2D eigenvalue weighted by Crippen LogP contribution is 2.29. The van der Waals surface area contributed by atoms with Crippen LogP contribution in [0.15, 0.2) is 30.3 Å². The first-order valence-electron chi connectivity index (χ1n) is 8.38. The summed E-state index contributed by atoms with van der Waals surface area (Å²) in [5.74, 6) is -0.138. The zero-order valence-electron chi connectivity index (χ0n) is 13.5. The number of piperidine rings is 1. The number of carbonyl (C=O) groups excluding carboxylic acids is 1. The Balaban J connectivity index is 1.50. The zero-order valence-corrected chi connectivity index (χ0v) is 13.5. The van der Waals surface area contributed by atoms with E-state index in [9.17, 15) is 13.6 Å². The van der Waals surface area contributed by atoms with Crippen molar-refractivity contribution in [3.8, 4) is 5.75 Å². The highest BCUT2D eigenvalue weighted by Gasteiger charge is 2.31. The highest BCUT2D eigenvalue weighted by molar-refractivity contribution is 5.92. The number of para-hydroxylation sites is 1. The van der Waals surface area contributed by atoms with Gasteiger partial charge in [-0.3, -0.25) is 4.79 Å². The Labute approximate surface area is 140 Å².